The first-order chi connectivity index (χ1) is 8.47. The normalized spacial score (nSPS) is 12.6. The van der Waals surface area contributed by atoms with Crippen molar-refractivity contribution < 1.29 is 9.21 Å². The van der Waals surface area contributed by atoms with Gasteiger partial charge in [0.15, 0.2) is 5.58 Å². The summed E-state index contributed by atoms with van der Waals surface area (Å²) in [5, 5.41) is 2.70. The first kappa shape index (κ1) is 12.4. The molecule has 6 heteroatoms. The zero-order chi connectivity index (χ0) is 13.3. The van der Waals surface area contributed by atoms with Crippen LogP contribution in [-0.4, -0.2) is 16.5 Å². The second-order valence-corrected chi connectivity index (χ2v) is 4.34. The Bertz CT molecular complexity index is 640. The number of hydrogen-bond donors (Lipinski definition) is 2. The number of nitrogens with two attached hydrogens (primary N) is 1. The maximum atomic E-state index is 11.5. The van der Waals surface area contributed by atoms with Crippen LogP contribution in [0.2, 0.25) is 0 Å². The Labute approximate surface area is 103 Å². The number of aromatic nitrogens is 1. The molecule has 2 rings (SSSR count). The van der Waals surface area contributed by atoms with Gasteiger partial charge in [-0.05, 0) is 19.1 Å². The van der Waals surface area contributed by atoms with Gasteiger partial charge in [-0.1, -0.05) is 0 Å². The minimum absolute atomic E-state index is 0.164. The number of nitrogens with one attached hydrogen (secondary N) is 1. The molecule has 1 aromatic carbocycles. The molecule has 0 saturated heterocycles. The standard InChI is InChI=1S/C12H15N3O3/c1-7(13)5-11(16)14-8-3-4-9-10(6-8)18-12(17)15(9)2/h3-4,6-7H,5,13H2,1-2H3,(H,14,16). The fraction of sp³-hybridized carbons (Fsp3) is 0.333. The van der Waals surface area contributed by atoms with Crippen LogP contribution >= 0.6 is 0 Å². The highest BCUT2D eigenvalue weighted by atomic mass is 16.4. The number of fused-ring (bicyclic) bond motifs is 1. The highest BCUT2D eigenvalue weighted by molar-refractivity contribution is 5.93. The van der Waals surface area contributed by atoms with Gasteiger partial charge >= 0.3 is 5.76 Å². The van der Waals surface area contributed by atoms with Crippen molar-refractivity contribution in [3.05, 3.63) is 28.7 Å². The average Bonchev–Trinajstić information content (AvgIpc) is 2.53. The van der Waals surface area contributed by atoms with Crippen molar-refractivity contribution in [1.29, 1.82) is 0 Å². The Hall–Kier alpha value is -2.08. The van der Waals surface area contributed by atoms with Crippen molar-refractivity contribution in [3.8, 4) is 0 Å². The molecule has 0 radical (unpaired) electrons. The van der Waals surface area contributed by atoms with Crippen molar-refractivity contribution in [2.24, 2.45) is 12.8 Å². The zero-order valence-electron chi connectivity index (χ0n) is 10.3. The van der Waals surface area contributed by atoms with E-state index in [4.69, 9.17) is 10.2 Å². The Kier molecular flexibility index (Phi) is 3.20. The van der Waals surface area contributed by atoms with Crippen LogP contribution in [0.4, 0.5) is 5.69 Å². The number of aryl methyl sites for hydroxylation is 1. The number of rotatable bonds is 3. The summed E-state index contributed by atoms with van der Waals surface area (Å²) in [5.74, 6) is -0.591. The van der Waals surface area contributed by atoms with Gasteiger partial charge in [-0.15, -0.1) is 0 Å². The Balaban J connectivity index is 2.25. The summed E-state index contributed by atoms with van der Waals surface area (Å²) in [6.45, 7) is 1.76. The lowest BCUT2D eigenvalue weighted by Crippen LogP contribution is -2.23. The molecule has 96 valence electrons. The molecule has 0 saturated carbocycles. The molecule has 1 amide bonds. The van der Waals surface area contributed by atoms with Crippen LogP contribution in [0.5, 0.6) is 0 Å². The third-order valence-corrected chi connectivity index (χ3v) is 2.58. The lowest BCUT2D eigenvalue weighted by atomic mass is 10.2. The second kappa shape index (κ2) is 4.66. The lowest BCUT2D eigenvalue weighted by molar-refractivity contribution is -0.116. The molecule has 0 fully saturated rings. The van der Waals surface area contributed by atoms with Gasteiger partial charge in [-0.25, -0.2) is 4.79 Å². The van der Waals surface area contributed by atoms with Crippen molar-refractivity contribution in [1.82, 2.24) is 4.57 Å². The quantitative estimate of drug-likeness (QED) is 0.842. The Morgan fingerprint density at radius 3 is 2.94 bits per heavy atom. The largest absolute Gasteiger partial charge is 0.419 e. The summed E-state index contributed by atoms with van der Waals surface area (Å²) in [4.78, 5) is 22.9. The maximum Gasteiger partial charge on any atom is 0.419 e. The minimum atomic E-state index is -0.427. The van der Waals surface area contributed by atoms with E-state index in [2.05, 4.69) is 5.32 Å². The van der Waals surface area contributed by atoms with E-state index in [1.165, 1.54) is 4.57 Å². The topological polar surface area (TPSA) is 90.3 Å². The predicted molar refractivity (Wildman–Crippen MR) is 68.4 cm³/mol. The molecule has 1 atom stereocenters. The van der Waals surface area contributed by atoms with E-state index in [-0.39, 0.29) is 18.4 Å². The number of carbonyl (C=O) groups excluding carboxylic acids is 1. The monoisotopic (exact) mass is 249 g/mol. The van der Waals surface area contributed by atoms with Gasteiger partial charge < -0.3 is 15.5 Å². The van der Waals surface area contributed by atoms with E-state index in [1.807, 2.05) is 0 Å². The third kappa shape index (κ3) is 2.43. The highest BCUT2D eigenvalue weighted by Gasteiger charge is 2.09. The molecule has 0 aliphatic heterocycles. The summed E-state index contributed by atoms with van der Waals surface area (Å²) in [5.41, 5.74) is 7.25. The molecule has 6 nitrogen and oxygen atoms in total. The number of nitrogens with zero attached hydrogens (tertiary/aromatic N) is 1. The number of hydrogen-bond acceptors (Lipinski definition) is 4. The Morgan fingerprint density at radius 2 is 2.28 bits per heavy atom. The molecule has 0 aliphatic rings. The summed E-state index contributed by atoms with van der Waals surface area (Å²) >= 11 is 0. The van der Waals surface area contributed by atoms with Crippen LogP contribution in [0.25, 0.3) is 11.1 Å². The van der Waals surface area contributed by atoms with Gasteiger partial charge in [-0.2, -0.15) is 0 Å². The van der Waals surface area contributed by atoms with Gasteiger partial charge in [0.1, 0.15) is 0 Å². The van der Waals surface area contributed by atoms with Crippen molar-refractivity contribution >= 4 is 22.7 Å². The molecule has 0 bridgehead atoms. The highest BCUT2D eigenvalue weighted by Crippen LogP contribution is 2.17. The predicted octanol–water partition coefficient (Wildman–Crippen LogP) is 0.807. The number of amides is 1. The molecule has 2 aromatic rings. The minimum Gasteiger partial charge on any atom is -0.408 e. The second-order valence-electron chi connectivity index (χ2n) is 4.34. The van der Waals surface area contributed by atoms with E-state index in [1.54, 1.807) is 32.2 Å². The van der Waals surface area contributed by atoms with Crippen LogP contribution in [0.15, 0.2) is 27.4 Å². The van der Waals surface area contributed by atoms with E-state index >= 15 is 0 Å². The van der Waals surface area contributed by atoms with Gasteiger partial charge in [0, 0.05) is 31.3 Å². The summed E-state index contributed by atoms with van der Waals surface area (Å²) in [7, 11) is 1.63. The maximum absolute atomic E-state index is 11.5. The molecule has 0 spiro atoms. The lowest BCUT2D eigenvalue weighted by Gasteiger charge is -2.06. The van der Waals surface area contributed by atoms with Crippen LogP contribution in [0.1, 0.15) is 13.3 Å². The smallest absolute Gasteiger partial charge is 0.408 e. The van der Waals surface area contributed by atoms with Crippen molar-refractivity contribution in [3.63, 3.8) is 0 Å². The molecule has 1 unspecified atom stereocenters. The number of benzene rings is 1. The van der Waals surface area contributed by atoms with E-state index in [9.17, 15) is 9.59 Å². The summed E-state index contributed by atoms with van der Waals surface area (Å²) in [6.07, 6.45) is 0.247. The molecule has 1 aromatic heterocycles. The van der Waals surface area contributed by atoms with Crippen LogP contribution < -0.4 is 16.8 Å². The molecule has 1 heterocycles. The molecular formula is C12H15N3O3. The first-order valence-electron chi connectivity index (χ1n) is 5.62. The van der Waals surface area contributed by atoms with Crippen LogP contribution in [-0.2, 0) is 11.8 Å². The average molecular weight is 249 g/mol. The molecule has 0 aliphatic carbocycles. The Morgan fingerprint density at radius 1 is 1.56 bits per heavy atom. The SMILES string of the molecule is CC(N)CC(=O)Nc1ccc2c(c1)oc(=O)n2C. The number of anilines is 1. The van der Waals surface area contributed by atoms with Crippen molar-refractivity contribution in [2.45, 2.75) is 19.4 Å². The van der Waals surface area contributed by atoms with Gasteiger partial charge in [0.2, 0.25) is 5.91 Å². The first-order valence-corrected chi connectivity index (χ1v) is 5.62. The third-order valence-electron chi connectivity index (χ3n) is 2.58. The van der Waals surface area contributed by atoms with Gasteiger partial charge in [0.25, 0.3) is 0 Å². The van der Waals surface area contributed by atoms with Crippen LogP contribution in [0, 0.1) is 0 Å². The summed E-state index contributed by atoms with van der Waals surface area (Å²) < 4.78 is 6.44. The van der Waals surface area contributed by atoms with Gasteiger partial charge in [0.05, 0.1) is 5.52 Å². The summed E-state index contributed by atoms with van der Waals surface area (Å²) in [6, 6.07) is 4.87. The van der Waals surface area contributed by atoms with E-state index in [0.717, 1.165) is 0 Å². The van der Waals surface area contributed by atoms with Crippen molar-refractivity contribution in [2.75, 3.05) is 5.32 Å². The fourth-order valence-corrected chi connectivity index (χ4v) is 1.72. The molecular weight excluding hydrogens is 234 g/mol. The number of carbonyl (C=O) groups is 1. The van der Waals surface area contributed by atoms with E-state index in [0.29, 0.717) is 16.8 Å². The number of oxazole rings is 1. The zero-order valence-corrected chi connectivity index (χ0v) is 10.3. The van der Waals surface area contributed by atoms with Crippen LogP contribution in [0.3, 0.4) is 0 Å². The molecule has 3 N–H and O–H groups in total. The van der Waals surface area contributed by atoms with E-state index < -0.39 is 5.76 Å². The molecule has 18 heavy (non-hydrogen) atoms. The fourth-order valence-electron chi connectivity index (χ4n) is 1.72. The van der Waals surface area contributed by atoms with Gasteiger partial charge in [-0.3, -0.25) is 9.36 Å².